The fraction of sp³-hybridized carbons (Fsp3) is 0.909. The summed E-state index contributed by atoms with van der Waals surface area (Å²) in [6.45, 7) is 13.2. The number of rotatable bonds is 3. The van der Waals surface area contributed by atoms with Crippen molar-refractivity contribution >= 4 is 76.4 Å². The van der Waals surface area contributed by atoms with E-state index in [4.69, 9.17) is 54.1 Å². The second-order valence-electron chi connectivity index (χ2n) is 9.03. The first kappa shape index (κ1) is 25.4. The number of carbonyl (C=O) groups excluding carboxylic acids is 1. The van der Waals surface area contributed by atoms with Gasteiger partial charge in [0.2, 0.25) is 0 Å². The molecule has 0 radical (unpaired) electrons. The van der Waals surface area contributed by atoms with Gasteiger partial charge in [0.05, 0.1) is 12.7 Å². The van der Waals surface area contributed by atoms with E-state index in [1.54, 1.807) is 45.8 Å². The van der Waals surface area contributed by atoms with Crippen LogP contribution in [0.1, 0.15) is 6.92 Å². The Labute approximate surface area is 200 Å². The molecule has 6 aliphatic rings. The summed E-state index contributed by atoms with van der Waals surface area (Å²) in [4.78, 5) is 11.4. The summed E-state index contributed by atoms with van der Waals surface area (Å²) in [5.41, 5.74) is 0. The Morgan fingerprint density at radius 3 is 1.00 bits per heavy atom. The fourth-order valence-electron chi connectivity index (χ4n) is 4.85. The van der Waals surface area contributed by atoms with Crippen molar-refractivity contribution in [3.05, 3.63) is 0 Å². The molecule has 188 valence electrons. The van der Waals surface area contributed by atoms with Crippen molar-refractivity contribution < 1.29 is 58.9 Å². The Morgan fingerprint density at radius 2 is 0.758 bits per heavy atom. The Balaban J connectivity index is 1.70. The van der Waals surface area contributed by atoms with E-state index in [-0.39, 0.29) is 12.7 Å². The highest BCUT2D eigenvalue weighted by atomic mass is 28.6. The van der Waals surface area contributed by atoms with E-state index in [1.807, 2.05) is 0 Å². The first-order valence-electron chi connectivity index (χ1n) is 10.4. The molecule has 6 saturated heterocycles. The van der Waals surface area contributed by atoms with Gasteiger partial charge >= 0.3 is 76.4 Å². The molecule has 0 amide bonds. The van der Waals surface area contributed by atoms with E-state index >= 15 is 0 Å². The minimum Gasteiger partial charge on any atom is -0.466 e. The van der Waals surface area contributed by atoms with Crippen molar-refractivity contribution in [3.8, 4) is 0 Å². The first-order chi connectivity index (χ1) is 14.9. The van der Waals surface area contributed by atoms with Crippen LogP contribution in [0.2, 0.25) is 51.9 Å². The van der Waals surface area contributed by atoms with Crippen molar-refractivity contribution in [2.75, 3.05) is 6.61 Å². The molecule has 14 nitrogen and oxygen atoms in total. The zero-order valence-corrected chi connectivity index (χ0v) is 27.6. The zero-order chi connectivity index (χ0) is 24.2. The molecule has 0 N–H and O–H groups in total. The van der Waals surface area contributed by atoms with Gasteiger partial charge in [-0.05, 0) is 0 Å². The summed E-state index contributed by atoms with van der Waals surface area (Å²) in [5, 5.41) is 0. The number of hydrogen-bond donors (Lipinski definition) is 0. The number of ether oxygens (including phenoxy) is 1. The highest BCUT2D eigenvalue weighted by Gasteiger charge is 2.78. The van der Waals surface area contributed by atoms with E-state index in [0.29, 0.717) is 0 Å². The van der Waals surface area contributed by atoms with Crippen LogP contribution in [0.5, 0.6) is 0 Å². The summed E-state index contributed by atoms with van der Waals surface area (Å²) in [7, 11) is -28.7. The van der Waals surface area contributed by atoms with Gasteiger partial charge in [-0.1, -0.05) is 0 Å². The number of hydrogen-bond acceptors (Lipinski definition) is 14. The second-order valence-corrected chi connectivity index (χ2v) is 32.8. The normalized spacial score (nSPS) is 57.6. The van der Waals surface area contributed by atoms with Crippen LogP contribution in [-0.2, 0) is 58.9 Å². The maximum atomic E-state index is 11.4. The molecule has 6 rings (SSSR count). The third kappa shape index (κ3) is 4.86. The van der Waals surface area contributed by atoms with Gasteiger partial charge < -0.3 is 54.1 Å². The lowest BCUT2D eigenvalue weighted by Gasteiger charge is -2.60. The Hall–Kier alpha value is 0.725. The van der Waals surface area contributed by atoms with Crippen LogP contribution in [0.4, 0.5) is 0 Å². The van der Waals surface area contributed by atoms with Gasteiger partial charge in [-0.2, -0.15) is 0 Å². The van der Waals surface area contributed by atoms with Crippen LogP contribution in [0.15, 0.2) is 0 Å². The lowest BCUT2D eigenvalue weighted by molar-refractivity contribution is -0.140. The lowest BCUT2D eigenvalue weighted by Crippen LogP contribution is -2.86. The highest BCUT2D eigenvalue weighted by Crippen LogP contribution is 2.48. The molecule has 0 aromatic carbocycles. The molecular weight excluding hydrogens is 581 g/mol. The predicted octanol–water partition coefficient (Wildman–Crippen LogP) is 0.737. The number of esters is 1. The molecule has 0 unspecified atom stereocenters. The van der Waals surface area contributed by atoms with E-state index in [2.05, 4.69) is 0 Å². The average molecular weight is 609 g/mol. The lowest BCUT2D eigenvalue weighted by atomic mass is 10.8. The summed E-state index contributed by atoms with van der Waals surface area (Å²) in [5.74, 6) is -0.445. The van der Waals surface area contributed by atoms with E-state index in [0.717, 1.165) is 0 Å². The van der Waals surface area contributed by atoms with Gasteiger partial charge in [0.15, 0.2) is 0 Å². The molecule has 0 aliphatic carbocycles. The SMILES string of the molecule is CC(=O)OCC[Si]12O[Si]3(C)O[Si]4(C)O[Si]5(C)O[Si](C)(O3)O[Si](C)(O[Si](C)(O5)O[Si](C)(O4)O1)O2. The van der Waals surface area contributed by atoms with Crippen molar-refractivity contribution in [3.63, 3.8) is 0 Å². The first-order valence-corrected chi connectivity index (χ1v) is 28.0. The van der Waals surface area contributed by atoms with Gasteiger partial charge in [0.25, 0.3) is 0 Å². The summed E-state index contributed by atoms with van der Waals surface area (Å²) in [6.07, 6.45) is 0. The zero-order valence-electron chi connectivity index (χ0n) is 19.6. The molecule has 0 aromatic heterocycles. The summed E-state index contributed by atoms with van der Waals surface area (Å²) in [6, 6.07) is 0.0936. The molecule has 0 aromatic rings. The molecule has 0 saturated carbocycles. The Morgan fingerprint density at radius 1 is 0.515 bits per heavy atom. The molecule has 6 fully saturated rings. The van der Waals surface area contributed by atoms with Crippen molar-refractivity contribution in [2.24, 2.45) is 0 Å². The maximum Gasteiger partial charge on any atom is 0.482 e. The minimum absolute atomic E-state index is 0.0203. The van der Waals surface area contributed by atoms with Gasteiger partial charge in [-0.15, -0.1) is 0 Å². The quantitative estimate of drug-likeness (QED) is 0.329. The smallest absolute Gasteiger partial charge is 0.466 e. The Bertz CT molecular complexity index is 765. The average Bonchev–Trinajstić information content (AvgIpc) is 2.43. The second kappa shape index (κ2) is 7.40. The van der Waals surface area contributed by atoms with Gasteiger partial charge in [-0.3, -0.25) is 4.79 Å². The monoisotopic (exact) mass is 608 g/mol. The van der Waals surface area contributed by atoms with E-state index < -0.39 is 76.4 Å². The molecule has 0 atom stereocenters. The summed E-state index contributed by atoms with van der Waals surface area (Å²) < 4.78 is 83.1. The minimum atomic E-state index is -3.79. The fourth-order valence-corrected chi connectivity index (χ4v) is 50.5. The van der Waals surface area contributed by atoms with Crippen LogP contribution in [-0.4, -0.2) is 83.0 Å². The van der Waals surface area contributed by atoms with Crippen molar-refractivity contribution in [1.82, 2.24) is 0 Å². The molecule has 8 bridgehead atoms. The van der Waals surface area contributed by atoms with Gasteiger partial charge in [0, 0.05) is 52.8 Å². The maximum absolute atomic E-state index is 11.4. The van der Waals surface area contributed by atoms with Crippen LogP contribution >= 0.6 is 0 Å². The van der Waals surface area contributed by atoms with Gasteiger partial charge in [0.1, 0.15) is 0 Å². The molecular formula is C11H28O14Si8. The van der Waals surface area contributed by atoms with Crippen LogP contribution in [0.25, 0.3) is 0 Å². The third-order valence-corrected chi connectivity index (χ3v) is 40.8. The predicted molar refractivity (Wildman–Crippen MR) is 122 cm³/mol. The number of carbonyl (C=O) groups is 1. The summed E-state index contributed by atoms with van der Waals surface area (Å²) >= 11 is 0. The van der Waals surface area contributed by atoms with Crippen LogP contribution < -0.4 is 0 Å². The molecule has 6 heterocycles. The third-order valence-electron chi connectivity index (χ3n) is 5.07. The molecule has 22 heteroatoms. The van der Waals surface area contributed by atoms with E-state index in [1.165, 1.54) is 6.92 Å². The highest BCUT2D eigenvalue weighted by molar-refractivity contribution is 7.02. The van der Waals surface area contributed by atoms with Crippen molar-refractivity contribution in [2.45, 2.75) is 58.8 Å². The molecule has 0 spiro atoms. The van der Waals surface area contributed by atoms with Crippen molar-refractivity contribution in [1.29, 1.82) is 0 Å². The standard InChI is InChI=1S/C11H28O14Si8/c1-11(12)13-9-10-33-23-30(6)17-27(3)14-26(2)15-28(4,19-30)21-32(8,25-33)22-29(5,16-26)20-31(7,18-27)24-33/h9-10H2,1-8H3. The Kier molecular flexibility index (Phi) is 5.69. The van der Waals surface area contributed by atoms with Gasteiger partial charge in [-0.25, -0.2) is 0 Å². The van der Waals surface area contributed by atoms with Crippen LogP contribution in [0.3, 0.4) is 0 Å². The van der Waals surface area contributed by atoms with E-state index in [9.17, 15) is 4.79 Å². The molecule has 33 heavy (non-hydrogen) atoms. The topological polar surface area (TPSA) is 137 Å². The van der Waals surface area contributed by atoms with Crippen LogP contribution in [0, 0.1) is 0 Å². The largest absolute Gasteiger partial charge is 0.482 e. The molecule has 6 aliphatic heterocycles.